The van der Waals surface area contributed by atoms with Gasteiger partial charge in [-0.25, -0.2) is 4.98 Å². The largest absolute Gasteiger partial charge is 0.492 e. The highest BCUT2D eigenvalue weighted by Crippen LogP contribution is 2.43. The Hall–Kier alpha value is -2.28. The summed E-state index contributed by atoms with van der Waals surface area (Å²) in [6, 6.07) is 1.81. The quantitative estimate of drug-likeness (QED) is 0.781. The number of fused-ring (bicyclic) bond motifs is 3. The van der Waals surface area contributed by atoms with Crippen molar-refractivity contribution in [3.05, 3.63) is 23.2 Å². The van der Waals surface area contributed by atoms with Crippen molar-refractivity contribution in [2.45, 2.75) is 19.3 Å². The average Bonchev–Trinajstić information content (AvgIpc) is 3.04. The number of ether oxygens (including phenoxy) is 2. The van der Waals surface area contributed by atoms with Crippen molar-refractivity contribution in [2.75, 3.05) is 12.3 Å². The summed E-state index contributed by atoms with van der Waals surface area (Å²) in [6.07, 6.45) is 4.62. The van der Waals surface area contributed by atoms with E-state index >= 15 is 0 Å². The molecule has 0 unspecified atom stereocenters. The maximum atomic E-state index is 5.90. The maximum Gasteiger partial charge on any atom is 0.278 e. The van der Waals surface area contributed by atoms with Gasteiger partial charge in [0.1, 0.15) is 16.9 Å². The van der Waals surface area contributed by atoms with Crippen LogP contribution in [0.5, 0.6) is 16.7 Å². The van der Waals surface area contributed by atoms with E-state index in [0.717, 1.165) is 36.0 Å². The number of hydrogen-bond acceptors (Lipinski definition) is 7. The standard InChI is InChI=1S/C14H13N3O3S/c15-13-11-10(20-17-13)7-9(19-14-16-4-6-21-14)8-3-1-2-5-18-12(8)11/h4,6-7H,1-3,5H2,(H2,15,17). The molecule has 3 aromatic rings. The molecule has 1 aromatic carbocycles. The topological polar surface area (TPSA) is 83.4 Å². The number of nitrogens with two attached hydrogens (primary N) is 1. The Labute approximate surface area is 124 Å². The molecule has 0 radical (unpaired) electrons. The minimum absolute atomic E-state index is 0.351. The number of hydrogen-bond donors (Lipinski definition) is 1. The fourth-order valence-corrected chi connectivity index (χ4v) is 3.03. The number of aromatic nitrogens is 2. The van der Waals surface area contributed by atoms with Crippen LogP contribution in [0.3, 0.4) is 0 Å². The van der Waals surface area contributed by atoms with Gasteiger partial charge in [-0.1, -0.05) is 16.5 Å². The molecule has 0 bridgehead atoms. The molecule has 4 rings (SSSR count). The molecule has 6 nitrogen and oxygen atoms in total. The Kier molecular flexibility index (Phi) is 2.92. The highest BCUT2D eigenvalue weighted by atomic mass is 32.1. The van der Waals surface area contributed by atoms with E-state index in [1.54, 1.807) is 6.20 Å². The number of benzene rings is 1. The average molecular weight is 303 g/mol. The van der Waals surface area contributed by atoms with Crippen molar-refractivity contribution in [3.8, 4) is 16.7 Å². The minimum atomic E-state index is 0.351. The monoisotopic (exact) mass is 303 g/mol. The van der Waals surface area contributed by atoms with E-state index in [2.05, 4.69) is 10.1 Å². The molecule has 2 aromatic heterocycles. The van der Waals surface area contributed by atoms with Crippen LogP contribution < -0.4 is 15.2 Å². The Morgan fingerprint density at radius 3 is 3.14 bits per heavy atom. The lowest BCUT2D eigenvalue weighted by Gasteiger charge is -2.12. The first-order valence-electron chi connectivity index (χ1n) is 6.74. The minimum Gasteiger partial charge on any atom is -0.492 e. The molecule has 0 spiro atoms. The van der Waals surface area contributed by atoms with E-state index in [-0.39, 0.29) is 0 Å². The first kappa shape index (κ1) is 12.5. The van der Waals surface area contributed by atoms with Crippen molar-refractivity contribution in [1.82, 2.24) is 10.1 Å². The summed E-state index contributed by atoms with van der Waals surface area (Å²) in [5.41, 5.74) is 7.48. The molecule has 0 aliphatic carbocycles. The number of thiazole rings is 1. The van der Waals surface area contributed by atoms with Crippen molar-refractivity contribution < 1.29 is 14.0 Å². The van der Waals surface area contributed by atoms with Crippen molar-refractivity contribution in [2.24, 2.45) is 0 Å². The van der Waals surface area contributed by atoms with E-state index in [1.807, 2.05) is 11.4 Å². The zero-order valence-corrected chi connectivity index (χ0v) is 12.0. The van der Waals surface area contributed by atoms with E-state index in [9.17, 15) is 0 Å². The van der Waals surface area contributed by atoms with E-state index in [4.69, 9.17) is 19.7 Å². The molecule has 0 atom stereocenters. The lowest BCUT2D eigenvalue weighted by Crippen LogP contribution is -1.98. The number of rotatable bonds is 2. The van der Waals surface area contributed by atoms with Gasteiger partial charge >= 0.3 is 0 Å². The third kappa shape index (κ3) is 2.09. The van der Waals surface area contributed by atoms with Crippen LogP contribution in [-0.2, 0) is 6.42 Å². The number of nitrogens with zero attached hydrogens (tertiary/aromatic N) is 2. The van der Waals surface area contributed by atoms with Crippen LogP contribution in [0.1, 0.15) is 18.4 Å². The van der Waals surface area contributed by atoms with Crippen LogP contribution in [0.25, 0.3) is 11.0 Å². The Bertz CT molecular complexity index is 782. The van der Waals surface area contributed by atoms with Gasteiger partial charge in [-0.05, 0) is 19.3 Å². The second kappa shape index (κ2) is 4.92. The van der Waals surface area contributed by atoms with Gasteiger partial charge in [-0.3, -0.25) is 0 Å². The van der Waals surface area contributed by atoms with Crippen molar-refractivity contribution in [3.63, 3.8) is 0 Å². The van der Waals surface area contributed by atoms with Crippen LogP contribution in [0.2, 0.25) is 0 Å². The van der Waals surface area contributed by atoms with Gasteiger partial charge in [0.2, 0.25) is 0 Å². The predicted molar refractivity (Wildman–Crippen MR) is 79.0 cm³/mol. The molecule has 21 heavy (non-hydrogen) atoms. The second-order valence-electron chi connectivity index (χ2n) is 4.83. The summed E-state index contributed by atoms with van der Waals surface area (Å²) in [4.78, 5) is 4.15. The summed E-state index contributed by atoms with van der Waals surface area (Å²) in [6.45, 7) is 0.660. The van der Waals surface area contributed by atoms with Crippen LogP contribution in [0.4, 0.5) is 5.82 Å². The molecule has 7 heteroatoms. The van der Waals surface area contributed by atoms with Crippen molar-refractivity contribution >= 4 is 28.1 Å². The highest BCUT2D eigenvalue weighted by Gasteiger charge is 2.23. The first-order chi connectivity index (χ1) is 10.3. The summed E-state index contributed by atoms with van der Waals surface area (Å²) in [5, 5.41) is 7.02. The zero-order valence-electron chi connectivity index (χ0n) is 11.2. The van der Waals surface area contributed by atoms with Gasteiger partial charge in [0, 0.05) is 23.2 Å². The van der Waals surface area contributed by atoms with Gasteiger partial charge in [-0.2, -0.15) is 0 Å². The van der Waals surface area contributed by atoms with Crippen LogP contribution in [0.15, 0.2) is 22.2 Å². The van der Waals surface area contributed by atoms with Gasteiger partial charge in [0.15, 0.2) is 11.4 Å². The molecule has 0 amide bonds. The Morgan fingerprint density at radius 2 is 2.29 bits per heavy atom. The maximum absolute atomic E-state index is 5.90. The summed E-state index contributed by atoms with van der Waals surface area (Å²) >= 11 is 1.44. The lowest BCUT2D eigenvalue weighted by atomic mass is 10.0. The molecule has 2 N–H and O–H groups in total. The SMILES string of the molecule is Nc1noc2cc(Oc3nccs3)c3c(c12)OCCCC3. The predicted octanol–water partition coefficient (Wildman–Crippen LogP) is 3.37. The molecule has 108 valence electrons. The smallest absolute Gasteiger partial charge is 0.278 e. The van der Waals surface area contributed by atoms with E-state index in [1.165, 1.54) is 11.3 Å². The summed E-state index contributed by atoms with van der Waals surface area (Å²) in [5.74, 6) is 1.78. The molecule has 0 saturated carbocycles. The molecule has 0 fully saturated rings. The van der Waals surface area contributed by atoms with E-state index < -0.39 is 0 Å². The Morgan fingerprint density at radius 1 is 1.33 bits per heavy atom. The van der Waals surface area contributed by atoms with Gasteiger partial charge in [0.25, 0.3) is 5.19 Å². The highest BCUT2D eigenvalue weighted by molar-refractivity contribution is 7.11. The molecular formula is C14H13N3O3S. The van der Waals surface area contributed by atoms with Gasteiger partial charge in [0.05, 0.1) is 6.61 Å². The summed E-state index contributed by atoms with van der Waals surface area (Å²) < 4.78 is 17.0. The lowest BCUT2D eigenvalue weighted by molar-refractivity contribution is 0.319. The third-order valence-corrected chi connectivity index (χ3v) is 4.13. The normalized spacial score (nSPS) is 14.5. The molecule has 0 saturated heterocycles. The van der Waals surface area contributed by atoms with E-state index in [0.29, 0.717) is 29.0 Å². The fourth-order valence-electron chi connectivity index (χ4n) is 2.53. The van der Waals surface area contributed by atoms with Gasteiger partial charge in [-0.15, -0.1) is 0 Å². The van der Waals surface area contributed by atoms with Crippen LogP contribution >= 0.6 is 11.3 Å². The zero-order chi connectivity index (χ0) is 14.2. The van der Waals surface area contributed by atoms with Crippen LogP contribution in [-0.4, -0.2) is 16.7 Å². The molecule has 1 aliphatic rings. The number of nitrogen functional groups attached to an aromatic ring is 1. The summed E-state index contributed by atoms with van der Waals surface area (Å²) in [7, 11) is 0. The molecular weight excluding hydrogens is 290 g/mol. The third-order valence-electron chi connectivity index (χ3n) is 3.48. The Balaban J connectivity index is 1.91. The van der Waals surface area contributed by atoms with Gasteiger partial charge < -0.3 is 19.7 Å². The fraction of sp³-hybridized carbons (Fsp3) is 0.286. The number of anilines is 1. The molecule has 1 aliphatic heterocycles. The first-order valence-corrected chi connectivity index (χ1v) is 7.62. The van der Waals surface area contributed by atoms with Crippen LogP contribution in [0, 0.1) is 0 Å². The molecule has 3 heterocycles. The second-order valence-corrected chi connectivity index (χ2v) is 5.69. The van der Waals surface area contributed by atoms with Crippen molar-refractivity contribution in [1.29, 1.82) is 0 Å².